The normalized spacial score (nSPS) is 10.9. The zero-order valence-corrected chi connectivity index (χ0v) is 15.4. The van der Waals surface area contributed by atoms with Crippen LogP contribution in [-0.4, -0.2) is 20.7 Å². The largest absolute Gasteiger partial charge is 0.296 e. The Bertz CT molecular complexity index is 1150. The lowest BCUT2D eigenvalue weighted by molar-refractivity contribution is 0.102. The number of rotatable bonds is 4. The van der Waals surface area contributed by atoms with Gasteiger partial charge in [-0.25, -0.2) is 9.67 Å². The zero-order chi connectivity index (χ0) is 18.8. The number of thiazole rings is 1. The molecule has 0 unspecified atom stereocenters. The highest BCUT2D eigenvalue weighted by molar-refractivity contribution is 7.22. The summed E-state index contributed by atoms with van der Waals surface area (Å²) < 4.78 is 2.28. The molecule has 0 fully saturated rings. The van der Waals surface area contributed by atoms with Crippen LogP contribution in [0.15, 0.2) is 65.5 Å². The Morgan fingerprint density at radius 1 is 1.07 bits per heavy atom. The van der Waals surface area contributed by atoms with Gasteiger partial charge in [0.1, 0.15) is 5.69 Å². The number of hydrogen-bond donors (Lipinski definition) is 1. The first kappa shape index (κ1) is 17.1. The van der Waals surface area contributed by atoms with E-state index < -0.39 is 5.91 Å². The van der Waals surface area contributed by atoms with Crippen LogP contribution in [0.4, 0.5) is 5.13 Å². The van der Waals surface area contributed by atoms with Crippen LogP contribution in [-0.2, 0) is 6.54 Å². The van der Waals surface area contributed by atoms with Crippen molar-refractivity contribution in [2.24, 2.45) is 0 Å². The molecule has 0 spiro atoms. The number of anilines is 1. The molecule has 0 aliphatic rings. The van der Waals surface area contributed by atoms with Gasteiger partial charge >= 0.3 is 0 Å². The number of aromatic nitrogens is 3. The fraction of sp³-hybridized carbons (Fsp3) is 0.100. The molecular formula is C20H16N4O2S. The molecule has 27 heavy (non-hydrogen) atoms. The minimum atomic E-state index is -0.397. The molecule has 2 heterocycles. The lowest BCUT2D eigenvalue weighted by atomic mass is 10.1. The van der Waals surface area contributed by atoms with E-state index in [0.29, 0.717) is 11.7 Å². The second kappa shape index (κ2) is 7.13. The molecule has 134 valence electrons. The Kier molecular flexibility index (Phi) is 4.52. The molecule has 4 aromatic rings. The molecule has 2 aromatic heterocycles. The molecule has 0 saturated carbocycles. The Morgan fingerprint density at radius 2 is 1.85 bits per heavy atom. The maximum atomic E-state index is 12.5. The monoisotopic (exact) mass is 376 g/mol. The molecule has 0 aliphatic heterocycles. The van der Waals surface area contributed by atoms with Gasteiger partial charge < -0.3 is 0 Å². The highest BCUT2D eigenvalue weighted by Crippen LogP contribution is 2.25. The van der Waals surface area contributed by atoms with Crippen molar-refractivity contribution in [3.8, 4) is 0 Å². The van der Waals surface area contributed by atoms with Crippen LogP contribution < -0.4 is 10.9 Å². The van der Waals surface area contributed by atoms with Gasteiger partial charge in [0, 0.05) is 6.07 Å². The quantitative estimate of drug-likeness (QED) is 0.592. The molecule has 2 aromatic carbocycles. The van der Waals surface area contributed by atoms with Gasteiger partial charge in [0.2, 0.25) is 0 Å². The van der Waals surface area contributed by atoms with Crippen molar-refractivity contribution in [3.63, 3.8) is 0 Å². The fourth-order valence-electron chi connectivity index (χ4n) is 2.64. The Labute approximate surface area is 159 Å². The van der Waals surface area contributed by atoms with Gasteiger partial charge in [-0.15, -0.1) is 0 Å². The van der Waals surface area contributed by atoms with Crippen LogP contribution in [0, 0.1) is 6.92 Å². The van der Waals surface area contributed by atoms with E-state index in [9.17, 15) is 9.59 Å². The number of benzene rings is 2. The fourth-order valence-corrected chi connectivity index (χ4v) is 3.50. The Morgan fingerprint density at radius 3 is 2.63 bits per heavy atom. The standard InChI is InChI=1S/C20H16N4O2S/c1-13-6-8-14(9-7-13)12-24-18(25)11-10-16(23-24)19(26)22-20-21-15-4-2-3-5-17(15)27-20/h2-11H,12H2,1H3,(H,21,22,26). The minimum absolute atomic E-state index is 0.168. The number of nitrogens with one attached hydrogen (secondary N) is 1. The van der Waals surface area contributed by atoms with Gasteiger partial charge in [-0.1, -0.05) is 53.3 Å². The van der Waals surface area contributed by atoms with E-state index in [1.807, 2.05) is 55.5 Å². The molecular weight excluding hydrogens is 360 g/mol. The van der Waals surface area contributed by atoms with Crippen molar-refractivity contribution < 1.29 is 4.79 Å². The molecule has 1 amide bonds. The Hall–Kier alpha value is -3.32. The molecule has 0 bridgehead atoms. The van der Waals surface area contributed by atoms with Crippen molar-refractivity contribution in [3.05, 3.63) is 87.8 Å². The number of aryl methyl sites for hydroxylation is 1. The smallest absolute Gasteiger partial charge is 0.277 e. The highest BCUT2D eigenvalue weighted by Gasteiger charge is 2.13. The van der Waals surface area contributed by atoms with E-state index >= 15 is 0 Å². The van der Waals surface area contributed by atoms with E-state index in [2.05, 4.69) is 15.4 Å². The summed E-state index contributed by atoms with van der Waals surface area (Å²) in [5.74, 6) is -0.397. The lowest BCUT2D eigenvalue weighted by Crippen LogP contribution is -2.26. The number of para-hydroxylation sites is 1. The van der Waals surface area contributed by atoms with Crippen LogP contribution >= 0.6 is 11.3 Å². The maximum Gasteiger partial charge on any atom is 0.277 e. The van der Waals surface area contributed by atoms with Gasteiger partial charge in [0.25, 0.3) is 11.5 Å². The zero-order valence-electron chi connectivity index (χ0n) is 14.5. The summed E-state index contributed by atoms with van der Waals surface area (Å²) in [5.41, 5.74) is 2.82. The lowest BCUT2D eigenvalue weighted by Gasteiger charge is -2.07. The van der Waals surface area contributed by atoms with Crippen molar-refractivity contribution in [2.75, 3.05) is 5.32 Å². The van der Waals surface area contributed by atoms with Crippen LogP contribution in [0.25, 0.3) is 10.2 Å². The predicted molar refractivity (Wildman–Crippen MR) is 106 cm³/mol. The number of nitrogens with zero attached hydrogens (tertiary/aromatic N) is 3. The summed E-state index contributed by atoms with van der Waals surface area (Å²) in [6.45, 7) is 2.31. The third-order valence-electron chi connectivity index (χ3n) is 4.07. The summed E-state index contributed by atoms with van der Waals surface area (Å²) in [6.07, 6.45) is 0. The summed E-state index contributed by atoms with van der Waals surface area (Å²) in [5, 5.41) is 7.46. The number of carbonyl (C=O) groups excluding carboxylic acids is 1. The van der Waals surface area contributed by atoms with Crippen LogP contribution in [0.5, 0.6) is 0 Å². The molecule has 7 heteroatoms. The van der Waals surface area contributed by atoms with Crippen molar-refractivity contribution >= 4 is 32.6 Å². The molecule has 0 aliphatic carbocycles. The SMILES string of the molecule is Cc1ccc(Cn2nc(C(=O)Nc3nc4ccccc4s3)ccc2=O)cc1. The number of amides is 1. The molecule has 4 rings (SSSR count). The third kappa shape index (κ3) is 3.78. The number of hydrogen-bond acceptors (Lipinski definition) is 5. The first-order valence-electron chi connectivity index (χ1n) is 8.39. The molecule has 6 nitrogen and oxygen atoms in total. The summed E-state index contributed by atoms with van der Waals surface area (Å²) in [4.78, 5) is 29.0. The van der Waals surface area contributed by atoms with Crippen molar-refractivity contribution in [1.29, 1.82) is 0 Å². The van der Waals surface area contributed by atoms with Crippen molar-refractivity contribution in [2.45, 2.75) is 13.5 Å². The second-order valence-corrected chi connectivity index (χ2v) is 7.17. The van der Waals surface area contributed by atoms with Crippen molar-refractivity contribution in [1.82, 2.24) is 14.8 Å². The first-order chi connectivity index (χ1) is 13.1. The average molecular weight is 376 g/mol. The van der Waals surface area contributed by atoms with E-state index in [4.69, 9.17) is 0 Å². The predicted octanol–water partition coefficient (Wildman–Crippen LogP) is 3.46. The van der Waals surface area contributed by atoms with Gasteiger partial charge in [-0.05, 0) is 30.7 Å². The van der Waals surface area contributed by atoms with E-state index in [1.54, 1.807) is 0 Å². The molecule has 1 N–H and O–H groups in total. The van der Waals surface area contributed by atoms with Gasteiger partial charge in [-0.2, -0.15) is 5.10 Å². The van der Waals surface area contributed by atoms with Gasteiger partial charge in [0.05, 0.1) is 16.8 Å². The average Bonchev–Trinajstić information content (AvgIpc) is 3.07. The third-order valence-corrected chi connectivity index (χ3v) is 5.02. The van der Waals surface area contributed by atoms with Gasteiger partial charge in [-0.3, -0.25) is 14.9 Å². The van der Waals surface area contributed by atoms with Crippen LogP contribution in [0.2, 0.25) is 0 Å². The van der Waals surface area contributed by atoms with Crippen LogP contribution in [0.1, 0.15) is 21.6 Å². The van der Waals surface area contributed by atoms with Crippen LogP contribution in [0.3, 0.4) is 0 Å². The number of carbonyl (C=O) groups is 1. The molecule has 0 atom stereocenters. The summed E-state index contributed by atoms with van der Waals surface area (Å²) in [6, 6.07) is 18.3. The molecule has 0 saturated heterocycles. The topological polar surface area (TPSA) is 76.9 Å². The summed E-state index contributed by atoms with van der Waals surface area (Å²) in [7, 11) is 0. The maximum absolute atomic E-state index is 12.5. The number of fused-ring (bicyclic) bond motifs is 1. The first-order valence-corrected chi connectivity index (χ1v) is 9.21. The van der Waals surface area contributed by atoms with Gasteiger partial charge in [0.15, 0.2) is 5.13 Å². The second-order valence-electron chi connectivity index (χ2n) is 6.14. The van der Waals surface area contributed by atoms with E-state index in [1.165, 1.54) is 28.2 Å². The van der Waals surface area contributed by atoms with E-state index in [0.717, 1.165) is 21.3 Å². The highest BCUT2D eigenvalue weighted by atomic mass is 32.1. The van der Waals surface area contributed by atoms with E-state index in [-0.39, 0.29) is 11.3 Å². The minimum Gasteiger partial charge on any atom is -0.296 e. The Balaban J connectivity index is 1.56. The molecule has 0 radical (unpaired) electrons. The summed E-state index contributed by atoms with van der Waals surface area (Å²) >= 11 is 1.39.